The molecule has 0 saturated carbocycles. The SMILES string of the molecule is NSc1ccc(-c2cn(C3CCOCC3)c3cc[nH]c(=O)c23)cc1. The Morgan fingerprint density at radius 3 is 2.62 bits per heavy atom. The first-order chi connectivity index (χ1) is 11.8. The van der Waals surface area contributed by atoms with Crippen LogP contribution >= 0.6 is 11.9 Å². The summed E-state index contributed by atoms with van der Waals surface area (Å²) in [5.74, 6) is 0. The molecule has 1 aliphatic heterocycles. The summed E-state index contributed by atoms with van der Waals surface area (Å²) in [5.41, 5.74) is 2.93. The number of nitrogens with two attached hydrogens (primary N) is 1. The average Bonchev–Trinajstić information content (AvgIpc) is 3.04. The van der Waals surface area contributed by atoms with Crippen LogP contribution in [0.3, 0.4) is 0 Å². The van der Waals surface area contributed by atoms with Crippen LogP contribution in [0.15, 0.2) is 52.4 Å². The molecular formula is C18H19N3O2S. The van der Waals surface area contributed by atoms with E-state index in [0.717, 1.165) is 53.0 Å². The third-order valence-corrected chi connectivity index (χ3v) is 5.18. The highest BCUT2D eigenvalue weighted by Gasteiger charge is 2.21. The van der Waals surface area contributed by atoms with Gasteiger partial charge in [-0.1, -0.05) is 12.1 Å². The van der Waals surface area contributed by atoms with Gasteiger partial charge in [0.05, 0.1) is 10.9 Å². The number of nitrogens with one attached hydrogen (secondary N) is 1. The van der Waals surface area contributed by atoms with Gasteiger partial charge in [0.2, 0.25) is 0 Å². The van der Waals surface area contributed by atoms with Crippen molar-refractivity contribution in [1.29, 1.82) is 0 Å². The molecule has 2 aromatic heterocycles. The summed E-state index contributed by atoms with van der Waals surface area (Å²) in [6.07, 6.45) is 5.77. The molecule has 0 bridgehead atoms. The van der Waals surface area contributed by atoms with E-state index in [-0.39, 0.29) is 5.56 Å². The van der Waals surface area contributed by atoms with E-state index in [4.69, 9.17) is 9.88 Å². The normalized spacial score (nSPS) is 15.9. The second-order valence-electron chi connectivity index (χ2n) is 6.00. The lowest BCUT2D eigenvalue weighted by molar-refractivity contribution is 0.0707. The standard InChI is InChI=1S/C18H19N3O2S/c19-24-14-3-1-12(2-4-14)15-11-21(13-6-9-23-10-7-13)16-5-8-20-18(22)17(15)16/h1-5,8,11,13H,6-7,9-10,19H2,(H,20,22). The van der Waals surface area contributed by atoms with E-state index in [9.17, 15) is 4.79 Å². The molecule has 0 spiro atoms. The molecule has 1 fully saturated rings. The number of nitrogens with zero attached hydrogens (tertiary/aromatic N) is 1. The molecule has 1 saturated heterocycles. The lowest BCUT2D eigenvalue weighted by Gasteiger charge is -2.24. The lowest BCUT2D eigenvalue weighted by Crippen LogP contribution is -2.19. The predicted molar refractivity (Wildman–Crippen MR) is 97.1 cm³/mol. The summed E-state index contributed by atoms with van der Waals surface area (Å²) in [4.78, 5) is 16.3. The minimum absolute atomic E-state index is 0.0504. The molecule has 24 heavy (non-hydrogen) atoms. The van der Waals surface area contributed by atoms with Gasteiger partial charge in [-0.05, 0) is 48.6 Å². The van der Waals surface area contributed by atoms with Gasteiger partial charge in [0.1, 0.15) is 0 Å². The Labute approximate surface area is 144 Å². The van der Waals surface area contributed by atoms with Crippen molar-refractivity contribution in [3.05, 3.63) is 53.1 Å². The topological polar surface area (TPSA) is 73.0 Å². The predicted octanol–water partition coefficient (Wildman–Crippen LogP) is 3.31. The molecule has 3 N–H and O–H groups in total. The second kappa shape index (κ2) is 6.47. The van der Waals surface area contributed by atoms with Gasteiger partial charge in [0, 0.05) is 42.1 Å². The Hall–Kier alpha value is -2.02. The Morgan fingerprint density at radius 2 is 1.92 bits per heavy atom. The van der Waals surface area contributed by atoms with Crippen LogP contribution in [0.2, 0.25) is 0 Å². The van der Waals surface area contributed by atoms with Crippen LogP contribution in [0, 0.1) is 0 Å². The number of fused-ring (bicyclic) bond motifs is 1. The number of aromatic nitrogens is 2. The molecule has 0 aliphatic carbocycles. The van der Waals surface area contributed by atoms with Crippen LogP contribution in [0.1, 0.15) is 18.9 Å². The fraction of sp³-hybridized carbons (Fsp3) is 0.278. The van der Waals surface area contributed by atoms with Gasteiger partial charge in [-0.25, -0.2) is 0 Å². The zero-order chi connectivity index (χ0) is 16.5. The van der Waals surface area contributed by atoms with E-state index >= 15 is 0 Å². The van der Waals surface area contributed by atoms with E-state index in [1.807, 2.05) is 30.3 Å². The number of hydrogen-bond acceptors (Lipinski definition) is 4. The number of hydrogen-bond donors (Lipinski definition) is 2. The van der Waals surface area contributed by atoms with E-state index in [2.05, 4.69) is 15.7 Å². The molecule has 0 unspecified atom stereocenters. The summed E-state index contributed by atoms with van der Waals surface area (Å²) >= 11 is 1.22. The minimum Gasteiger partial charge on any atom is -0.381 e. The van der Waals surface area contributed by atoms with Crippen molar-refractivity contribution < 1.29 is 4.74 Å². The molecule has 0 amide bonds. The molecule has 0 atom stereocenters. The lowest BCUT2D eigenvalue weighted by atomic mass is 10.1. The van der Waals surface area contributed by atoms with Gasteiger partial charge >= 0.3 is 0 Å². The minimum atomic E-state index is -0.0504. The molecule has 5 nitrogen and oxygen atoms in total. The number of H-pyrrole nitrogens is 1. The van der Waals surface area contributed by atoms with Crippen LogP contribution in [-0.4, -0.2) is 22.8 Å². The van der Waals surface area contributed by atoms with Crippen molar-refractivity contribution in [2.45, 2.75) is 23.8 Å². The van der Waals surface area contributed by atoms with Gasteiger partial charge in [-0.15, -0.1) is 0 Å². The smallest absolute Gasteiger partial charge is 0.258 e. The van der Waals surface area contributed by atoms with Crippen LogP contribution in [0.5, 0.6) is 0 Å². The summed E-state index contributed by atoms with van der Waals surface area (Å²) in [7, 11) is 0. The van der Waals surface area contributed by atoms with Crippen molar-refractivity contribution in [3.8, 4) is 11.1 Å². The van der Waals surface area contributed by atoms with Crippen LogP contribution in [0.25, 0.3) is 22.0 Å². The highest BCUT2D eigenvalue weighted by molar-refractivity contribution is 7.97. The third kappa shape index (κ3) is 2.66. The van der Waals surface area contributed by atoms with Crippen LogP contribution < -0.4 is 10.7 Å². The fourth-order valence-corrected chi connectivity index (χ4v) is 3.71. The van der Waals surface area contributed by atoms with Crippen molar-refractivity contribution in [1.82, 2.24) is 9.55 Å². The van der Waals surface area contributed by atoms with Crippen molar-refractivity contribution in [3.63, 3.8) is 0 Å². The molecular weight excluding hydrogens is 322 g/mol. The molecule has 1 aromatic carbocycles. The molecule has 4 rings (SSSR count). The fourth-order valence-electron chi connectivity index (χ4n) is 3.41. The molecule has 124 valence electrons. The zero-order valence-corrected chi connectivity index (χ0v) is 14.0. The molecule has 1 aliphatic rings. The Balaban J connectivity index is 1.89. The zero-order valence-electron chi connectivity index (χ0n) is 13.2. The Morgan fingerprint density at radius 1 is 1.17 bits per heavy atom. The first kappa shape index (κ1) is 15.5. The quantitative estimate of drug-likeness (QED) is 0.717. The highest BCUT2D eigenvalue weighted by atomic mass is 32.2. The first-order valence-corrected chi connectivity index (χ1v) is 8.93. The maximum absolute atomic E-state index is 12.5. The number of aromatic amines is 1. The van der Waals surface area contributed by atoms with Gasteiger partial charge in [-0.3, -0.25) is 9.93 Å². The van der Waals surface area contributed by atoms with Crippen LogP contribution in [0.4, 0.5) is 0 Å². The number of benzene rings is 1. The Bertz CT molecular complexity index is 908. The highest BCUT2D eigenvalue weighted by Crippen LogP contribution is 2.33. The number of pyridine rings is 1. The summed E-state index contributed by atoms with van der Waals surface area (Å²) in [5, 5.41) is 6.35. The molecule has 6 heteroatoms. The average molecular weight is 341 g/mol. The summed E-state index contributed by atoms with van der Waals surface area (Å²) in [6, 6.07) is 10.4. The van der Waals surface area contributed by atoms with Crippen molar-refractivity contribution in [2.75, 3.05) is 13.2 Å². The van der Waals surface area contributed by atoms with E-state index < -0.39 is 0 Å². The van der Waals surface area contributed by atoms with Crippen molar-refractivity contribution >= 4 is 22.9 Å². The number of ether oxygens (including phenoxy) is 1. The summed E-state index contributed by atoms with van der Waals surface area (Å²) in [6.45, 7) is 1.54. The monoisotopic (exact) mass is 341 g/mol. The maximum Gasteiger partial charge on any atom is 0.258 e. The number of rotatable bonds is 3. The van der Waals surface area contributed by atoms with E-state index in [1.165, 1.54) is 11.9 Å². The molecule has 3 heterocycles. The first-order valence-electron chi connectivity index (χ1n) is 8.05. The van der Waals surface area contributed by atoms with Gasteiger partial charge < -0.3 is 14.3 Å². The third-order valence-electron chi connectivity index (χ3n) is 4.64. The van der Waals surface area contributed by atoms with Gasteiger partial charge in [-0.2, -0.15) is 0 Å². The van der Waals surface area contributed by atoms with E-state index in [0.29, 0.717) is 6.04 Å². The summed E-state index contributed by atoms with van der Waals surface area (Å²) < 4.78 is 7.72. The maximum atomic E-state index is 12.5. The molecule has 0 radical (unpaired) electrons. The largest absolute Gasteiger partial charge is 0.381 e. The second-order valence-corrected chi connectivity index (χ2v) is 6.71. The van der Waals surface area contributed by atoms with E-state index in [1.54, 1.807) is 6.20 Å². The molecule has 3 aromatic rings. The Kier molecular flexibility index (Phi) is 4.18. The van der Waals surface area contributed by atoms with Crippen molar-refractivity contribution in [2.24, 2.45) is 5.14 Å². The van der Waals surface area contributed by atoms with Gasteiger partial charge in [0.15, 0.2) is 0 Å². The van der Waals surface area contributed by atoms with Gasteiger partial charge in [0.25, 0.3) is 5.56 Å². The van der Waals surface area contributed by atoms with Crippen LogP contribution in [-0.2, 0) is 4.74 Å².